The maximum Gasteiger partial charge on any atom is 0.254 e. The molecule has 0 bridgehead atoms. The monoisotopic (exact) mass is 376 g/mol. The van der Waals surface area contributed by atoms with Crippen LogP contribution in [0.1, 0.15) is 21.6 Å². The maximum atomic E-state index is 13.1. The maximum absolute atomic E-state index is 13.1. The van der Waals surface area contributed by atoms with Gasteiger partial charge in [0.15, 0.2) is 5.69 Å². The first-order chi connectivity index (χ1) is 13.6. The quantitative estimate of drug-likeness (QED) is 0.651. The molecule has 0 unspecified atom stereocenters. The number of amides is 1. The zero-order chi connectivity index (χ0) is 19.5. The smallest absolute Gasteiger partial charge is 0.254 e. The summed E-state index contributed by atoms with van der Waals surface area (Å²) < 4.78 is 20.7. The van der Waals surface area contributed by atoms with E-state index >= 15 is 0 Å². The molecule has 140 valence electrons. The highest BCUT2D eigenvalue weighted by atomic mass is 19.1. The molecule has 4 rings (SSSR count). The number of hydrogen-bond donors (Lipinski definition) is 0. The Balaban J connectivity index is 1.42. The average molecular weight is 376 g/mol. The standard InChI is InChI=1S/C21H17FN4O2/c1-23-18-4-2-3-15(11-18)14-28-20-12-19-13-25(9-10-26(19)24-20)21(27)16-5-7-17(22)8-6-16/h2-8,11-12H,9-10,13-14H2. The lowest BCUT2D eigenvalue weighted by molar-refractivity contribution is 0.0706. The van der Waals surface area contributed by atoms with Crippen molar-refractivity contribution in [3.63, 3.8) is 0 Å². The number of nitrogens with zero attached hydrogens (tertiary/aromatic N) is 4. The van der Waals surface area contributed by atoms with Gasteiger partial charge in [-0.3, -0.25) is 9.48 Å². The van der Waals surface area contributed by atoms with E-state index in [-0.39, 0.29) is 11.7 Å². The third-order valence-electron chi connectivity index (χ3n) is 4.58. The number of halogens is 1. The summed E-state index contributed by atoms with van der Waals surface area (Å²) in [5.41, 5.74) is 2.81. The second-order valence-corrected chi connectivity index (χ2v) is 6.50. The third-order valence-corrected chi connectivity index (χ3v) is 4.58. The molecule has 0 spiro atoms. The van der Waals surface area contributed by atoms with Crippen LogP contribution in [0.25, 0.3) is 4.85 Å². The molecular weight excluding hydrogens is 359 g/mol. The molecule has 0 atom stereocenters. The predicted molar refractivity (Wildman–Crippen MR) is 100 cm³/mol. The van der Waals surface area contributed by atoms with Crippen molar-refractivity contribution >= 4 is 11.6 Å². The molecule has 0 saturated carbocycles. The first kappa shape index (κ1) is 17.7. The molecule has 0 aliphatic carbocycles. The summed E-state index contributed by atoms with van der Waals surface area (Å²) >= 11 is 0. The molecule has 0 fully saturated rings. The summed E-state index contributed by atoms with van der Waals surface area (Å²) in [6, 6.07) is 14.6. The van der Waals surface area contributed by atoms with Gasteiger partial charge in [-0.1, -0.05) is 18.2 Å². The van der Waals surface area contributed by atoms with Gasteiger partial charge in [0.25, 0.3) is 5.91 Å². The van der Waals surface area contributed by atoms with E-state index in [4.69, 9.17) is 11.3 Å². The van der Waals surface area contributed by atoms with Gasteiger partial charge in [0.1, 0.15) is 12.4 Å². The number of fused-ring (bicyclic) bond motifs is 1. The summed E-state index contributed by atoms with van der Waals surface area (Å²) in [6.07, 6.45) is 0. The molecule has 0 saturated heterocycles. The number of aromatic nitrogens is 2. The largest absolute Gasteiger partial charge is 0.472 e. The van der Waals surface area contributed by atoms with Crippen LogP contribution < -0.4 is 4.74 Å². The first-order valence-corrected chi connectivity index (χ1v) is 8.83. The van der Waals surface area contributed by atoms with E-state index in [9.17, 15) is 9.18 Å². The first-order valence-electron chi connectivity index (χ1n) is 8.83. The van der Waals surface area contributed by atoms with Crippen molar-refractivity contribution in [2.24, 2.45) is 0 Å². The van der Waals surface area contributed by atoms with Crippen LogP contribution in [0.15, 0.2) is 54.6 Å². The van der Waals surface area contributed by atoms with E-state index in [1.807, 2.05) is 22.9 Å². The zero-order valence-corrected chi connectivity index (χ0v) is 15.0. The second-order valence-electron chi connectivity index (χ2n) is 6.50. The molecule has 1 aliphatic heterocycles. The molecule has 7 heteroatoms. The highest BCUT2D eigenvalue weighted by Crippen LogP contribution is 2.21. The van der Waals surface area contributed by atoms with Gasteiger partial charge >= 0.3 is 0 Å². The summed E-state index contributed by atoms with van der Waals surface area (Å²) in [4.78, 5) is 17.7. The Hall–Kier alpha value is -3.66. The van der Waals surface area contributed by atoms with Crippen LogP contribution in [0.4, 0.5) is 10.1 Å². The Morgan fingerprint density at radius 1 is 1.18 bits per heavy atom. The average Bonchev–Trinajstić information content (AvgIpc) is 3.14. The van der Waals surface area contributed by atoms with E-state index in [0.717, 1.165) is 11.3 Å². The summed E-state index contributed by atoms with van der Waals surface area (Å²) in [5, 5.41) is 4.43. The van der Waals surface area contributed by atoms with Crippen LogP contribution in [0.2, 0.25) is 0 Å². The van der Waals surface area contributed by atoms with E-state index in [0.29, 0.717) is 43.4 Å². The Morgan fingerprint density at radius 2 is 2.00 bits per heavy atom. The van der Waals surface area contributed by atoms with Crippen LogP contribution >= 0.6 is 0 Å². The van der Waals surface area contributed by atoms with Gasteiger partial charge < -0.3 is 9.64 Å². The molecular formula is C21H17FN4O2. The van der Waals surface area contributed by atoms with Crippen molar-refractivity contribution < 1.29 is 13.9 Å². The Morgan fingerprint density at radius 3 is 2.79 bits per heavy atom. The fourth-order valence-electron chi connectivity index (χ4n) is 3.13. The molecule has 28 heavy (non-hydrogen) atoms. The molecule has 1 amide bonds. The minimum atomic E-state index is -0.364. The van der Waals surface area contributed by atoms with Crippen molar-refractivity contribution in [1.82, 2.24) is 14.7 Å². The molecule has 0 N–H and O–H groups in total. The summed E-state index contributed by atoms with van der Waals surface area (Å²) in [6.45, 7) is 8.90. The number of hydrogen-bond acceptors (Lipinski definition) is 3. The van der Waals surface area contributed by atoms with Gasteiger partial charge in [-0.15, -0.1) is 5.10 Å². The highest BCUT2D eigenvalue weighted by Gasteiger charge is 2.23. The SMILES string of the molecule is [C-]#[N+]c1cccc(COc2cc3n(n2)CCN(C(=O)c2ccc(F)cc2)C3)c1. The fourth-order valence-corrected chi connectivity index (χ4v) is 3.13. The van der Waals surface area contributed by atoms with Gasteiger partial charge in [-0.05, 0) is 35.9 Å². The molecule has 3 aromatic rings. The molecule has 2 aromatic carbocycles. The summed E-state index contributed by atoms with van der Waals surface area (Å²) in [5.74, 6) is -0.0119. The van der Waals surface area contributed by atoms with Crippen molar-refractivity contribution in [2.75, 3.05) is 6.54 Å². The van der Waals surface area contributed by atoms with Crippen molar-refractivity contribution in [3.8, 4) is 5.88 Å². The van der Waals surface area contributed by atoms with E-state index in [1.54, 1.807) is 17.0 Å². The highest BCUT2D eigenvalue weighted by molar-refractivity contribution is 5.94. The minimum Gasteiger partial charge on any atom is -0.472 e. The lowest BCUT2D eigenvalue weighted by Crippen LogP contribution is -2.38. The predicted octanol–water partition coefficient (Wildman–Crippen LogP) is 3.81. The molecule has 0 radical (unpaired) electrons. The Kier molecular flexibility index (Phi) is 4.77. The second kappa shape index (κ2) is 7.53. The number of carbonyl (C=O) groups excluding carboxylic acids is 1. The normalized spacial score (nSPS) is 12.9. The molecule has 1 aliphatic rings. The van der Waals surface area contributed by atoms with Crippen LogP contribution in [0.5, 0.6) is 5.88 Å². The lowest BCUT2D eigenvalue weighted by atomic mass is 10.1. The van der Waals surface area contributed by atoms with Crippen molar-refractivity contribution in [1.29, 1.82) is 0 Å². The van der Waals surface area contributed by atoms with Crippen molar-refractivity contribution in [3.05, 3.63) is 88.7 Å². The van der Waals surface area contributed by atoms with Crippen molar-refractivity contribution in [2.45, 2.75) is 19.7 Å². The zero-order valence-electron chi connectivity index (χ0n) is 15.0. The van der Waals surface area contributed by atoms with Gasteiger partial charge in [0, 0.05) is 18.2 Å². The van der Waals surface area contributed by atoms with Gasteiger partial charge in [0.2, 0.25) is 5.88 Å². The van der Waals surface area contributed by atoms with Crippen LogP contribution in [0.3, 0.4) is 0 Å². The number of benzene rings is 2. The number of ether oxygens (including phenoxy) is 1. The number of carbonyl (C=O) groups is 1. The Labute approximate surface area is 161 Å². The van der Waals surface area contributed by atoms with Crippen LogP contribution in [-0.4, -0.2) is 27.1 Å². The minimum absolute atomic E-state index is 0.133. The molecule has 6 nitrogen and oxygen atoms in total. The van der Waals surface area contributed by atoms with E-state index < -0.39 is 0 Å². The van der Waals surface area contributed by atoms with Crippen LogP contribution in [-0.2, 0) is 19.7 Å². The third kappa shape index (κ3) is 3.71. The topological polar surface area (TPSA) is 51.7 Å². The van der Waals surface area contributed by atoms with E-state index in [2.05, 4.69) is 9.94 Å². The van der Waals surface area contributed by atoms with Gasteiger partial charge in [-0.2, -0.15) is 0 Å². The van der Waals surface area contributed by atoms with Crippen LogP contribution in [0, 0.1) is 12.4 Å². The lowest BCUT2D eigenvalue weighted by Gasteiger charge is -2.27. The molecule has 2 heterocycles. The Bertz CT molecular complexity index is 1050. The molecule has 1 aromatic heterocycles. The fraction of sp³-hybridized carbons (Fsp3) is 0.190. The van der Waals surface area contributed by atoms with E-state index in [1.165, 1.54) is 24.3 Å². The van der Waals surface area contributed by atoms with Gasteiger partial charge in [0.05, 0.1) is 25.4 Å². The number of rotatable bonds is 4. The van der Waals surface area contributed by atoms with Gasteiger partial charge in [-0.25, -0.2) is 9.24 Å². The summed E-state index contributed by atoms with van der Waals surface area (Å²) in [7, 11) is 0.